The van der Waals surface area contributed by atoms with Crippen LogP contribution in [-0.4, -0.2) is 16.1 Å². The van der Waals surface area contributed by atoms with Gasteiger partial charge in [-0.05, 0) is 42.5 Å². The molecule has 0 fully saturated rings. The van der Waals surface area contributed by atoms with Crippen LogP contribution in [0.25, 0.3) is 11.3 Å². The lowest BCUT2D eigenvalue weighted by Gasteiger charge is -2.18. The minimum atomic E-state index is -0.302. The molecule has 0 atom stereocenters. The van der Waals surface area contributed by atoms with Gasteiger partial charge in [-0.1, -0.05) is 6.07 Å². The Morgan fingerprint density at radius 1 is 1.04 bits per heavy atom. The SMILES string of the molecule is Fc1ccc(-c2nc3n(c2Nc2cccc(F)c2)CCNC3)cc1. The van der Waals surface area contributed by atoms with Crippen molar-refractivity contribution < 1.29 is 8.78 Å². The van der Waals surface area contributed by atoms with Crippen LogP contribution in [0.4, 0.5) is 20.3 Å². The number of aromatic nitrogens is 2. The number of hydrogen-bond acceptors (Lipinski definition) is 3. The molecule has 0 aliphatic carbocycles. The lowest BCUT2D eigenvalue weighted by Crippen LogP contribution is -2.28. The number of nitrogens with zero attached hydrogens (tertiary/aromatic N) is 2. The highest BCUT2D eigenvalue weighted by Gasteiger charge is 2.21. The molecule has 24 heavy (non-hydrogen) atoms. The average molecular weight is 326 g/mol. The Hall–Kier alpha value is -2.73. The standard InChI is InChI=1S/C18H16F2N4/c19-13-6-4-12(5-7-13)17-18(22-15-3-1-2-14(20)10-15)24-9-8-21-11-16(24)23-17/h1-7,10,21-22H,8-9,11H2. The van der Waals surface area contributed by atoms with Crippen LogP contribution in [0.1, 0.15) is 5.82 Å². The molecule has 0 unspecified atom stereocenters. The Morgan fingerprint density at radius 2 is 1.88 bits per heavy atom. The average Bonchev–Trinajstić information content (AvgIpc) is 2.94. The van der Waals surface area contributed by atoms with E-state index in [1.807, 2.05) is 0 Å². The summed E-state index contributed by atoms with van der Waals surface area (Å²) in [5.74, 6) is 1.11. The van der Waals surface area contributed by atoms with Gasteiger partial charge in [0, 0.05) is 24.3 Å². The maximum absolute atomic E-state index is 13.5. The third-order valence-electron chi connectivity index (χ3n) is 4.05. The van der Waals surface area contributed by atoms with Gasteiger partial charge in [-0.3, -0.25) is 0 Å². The second-order valence-corrected chi connectivity index (χ2v) is 5.70. The first-order valence-corrected chi connectivity index (χ1v) is 7.79. The highest BCUT2D eigenvalue weighted by Crippen LogP contribution is 2.32. The van der Waals surface area contributed by atoms with Gasteiger partial charge in [0.15, 0.2) is 0 Å². The van der Waals surface area contributed by atoms with E-state index in [4.69, 9.17) is 4.98 Å². The van der Waals surface area contributed by atoms with Crippen LogP contribution in [0, 0.1) is 11.6 Å². The maximum Gasteiger partial charge on any atom is 0.138 e. The van der Waals surface area contributed by atoms with Crippen LogP contribution in [0.5, 0.6) is 0 Å². The van der Waals surface area contributed by atoms with Gasteiger partial charge < -0.3 is 15.2 Å². The van der Waals surface area contributed by atoms with Gasteiger partial charge in [0.2, 0.25) is 0 Å². The molecule has 0 saturated carbocycles. The summed E-state index contributed by atoms with van der Waals surface area (Å²) in [7, 11) is 0. The quantitative estimate of drug-likeness (QED) is 0.771. The van der Waals surface area contributed by atoms with Gasteiger partial charge in [-0.2, -0.15) is 0 Å². The molecule has 4 nitrogen and oxygen atoms in total. The second-order valence-electron chi connectivity index (χ2n) is 5.70. The Labute approximate surface area is 138 Å². The monoisotopic (exact) mass is 326 g/mol. The van der Waals surface area contributed by atoms with E-state index in [2.05, 4.69) is 15.2 Å². The van der Waals surface area contributed by atoms with Crippen LogP contribution >= 0.6 is 0 Å². The van der Waals surface area contributed by atoms with E-state index in [0.717, 1.165) is 36.0 Å². The molecule has 3 aromatic rings. The highest BCUT2D eigenvalue weighted by molar-refractivity contribution is 5.76. The molecule has 4 rings (SSSR count). The number of benzene rings is 2. The molecule has 1 aliphatic heterocycles. The van der Waals surface area contributed by atoms with E-state index < -0.39 is 0 Å². The summed E-state index contributed by atoms with van der Waals surface area (Å²) in [5.41, 5.74) is 2.20. The molecular formula is C18H16F2N4. The molecule has 0 bridgehead atoms. The first kappa shape index (κ1) is 14.8. The molecule has 122 valence electrons. The molecule has 0 radical (unpaired) electrons. The molecule has 2 heterocycles. The number of fused-ring (bicyclic) bond motifs is 1. The van der Waals surface area contributed by atoms with Crippen molar-refractivity contribution in [1.82, 2.24) is 14.9 Å². The summed E-state index contributed by atoms with van der Waals surface area (Å²) < 4.78 is 28.8. The normalized spacial score (nSPS) is 13.6. The van der Waals surface area contributed by atoms with Crippen molar-refractivity contribution in [2.75, 3.05) is 11.9 Å². The number of halogens is 2. The molecule has 1 aromatic heterocycles. The number of nitrogens with one attached hydrogen (secondary N) is 2. The number of anilines is 2. The zero-order chi connectivity index (χ0) is 16.5. The molecule has 2 N–H and O–H groups in total. The minimum Gasteiger partial charge on any atom is -0.340 e. The fourth-order valence-electron chi connectivity index (χ4n) is 2.90. The Bertz CT molecular complexity index is 871. The molecular weight excluding hydrogens is 310 g/mol. The van der Waals surface area contributed by atoms with Gasteiger partial charge in [0.25, 0.3) is 0 Å². The third-order valence-corrected chi connectivity index (χ3v) is 4.05. The van der Waals surface area contributed by atoms with Gasteiger partial charge in [-0.25, -0.2) is 13.8 Å². The predicted molar refractivity (Wildman–Crippen MR) is 89.0 cm³/mol. The van der Waals surface area contributed by atoms with E-state index >= 15 is 0 Å². The number of imidazole rings is 1. The van der Waals surface area contributed by atoms with E-state index in [-0.39, 0.29) is 11.6 Å². The van der Waals surface area contributed by atoms with Gasteiger partial charge in [0.1, 0.15) is 29.0 Å². The molecule has 2 aromatic carbocycles. The van der Waals surface area contributed by atoms with E-state index in [1.165, 1.54) is 24.3 Å². The third kappa shape index (κ3) is 2.76. The Kier molecular flexibility index (Phi) is 3.74. The van der Waals surface area contributed by atoms with Crippen LogP contribution in [0.15, 0.2) is 48.5 Å². The highest BCUT2D eigenvalue weighted by atomic mass is 19.1. The maximum atomic E-state index is 13.5. The lowest BCUT2D eigenvalue weighted by molar-refractivity contribution is 0.509. The van der Waals surface area contributed by atoms with Crippen molar-refractivity contribution in [3.63, 3.8) is 0 Å². The number of rotatable bonds is 3. The fourth-order valence-corrected chi connectivity index (χ4v) is 2.90. The molecule has 6 heteroatoms. The van der Waals surface area contributed by atoms with Crippen LogP contribution in [-0.2, 0) is 13.1 Å². The minimum absolute atomic E-state index is 0.288. The summed E-state index contributed by atoms with van der Waals surface area (Å²) in [6, 6.07) is 12.5. The Morgan fingerprint density at radius 3 is 2.67 bits per heavy atom. The van der Waals surface area contributed by atoms with Crippen molar-refractivity contribution in [1.29, 1.82) is 0 Å². The largest absolute Gasteiger partial charge is 0.340 e. The van der Waals surface area contributed by atoms with Gasteiger partial charge in [0.05, 0.1) is 6.54 Å². The van der Waals surface area contributed by atoms with E-state index in [9.17, 15) is 8.78 Å². The summed E-state index contributed by atoms with van der Waals surface area (Å²) in [4.78, 5) is 4.69. The topological polar surface area (TPSA) is 41.9 Å². The van der Waals surface area contributed by atoms with Gasteiger partial charge >= 0.3 is 0 Å². The van der Waals surface area contributed by atoms with Gasteiger partial charge in [-0.15, -0.1) is 0 Å². The van der Waals surface area contributed by atoms with Crippen LogP contribution in [0.2, 0.25) is 0 Å². The number of hydrogen-bond donors (Lipinski definition) is 2. The summed E-state index contributed by atoms with van der Waals surface area (Å²) >= 11 is 0. The Balaban J connectivity index is 1.81. The zero-order valence-electron chi connectivity index (χ0n) is 12.9. The van der Waals surface area contributed by atoms with Crippen molar-refractivity contribution in [3.05, 3.63) is 66.0 Å². The van der Waals surface area contributed by atoms with Crippen LogP contribution < -0.4 is 10.6 Å². The van der Waals surface area contributed by atoms with E-state index in [0.29, 0.717) is 12.2 Å². The van der Waals surface area contributed by atoms with Crippen molar-refractivity contribution >= 4 is 11.5 Å². The lowest BCUT2D eigenvalue weighted by atomic mass is 10.1. The first-order valence-electron chi connectivity index (χ1n) is 7.79. The van der Waals surface area contributed by atoms with Crippen molar-refractivity contribution in [3.8, 4) is 11.3 Å². The van der Waals surface area contributed by atoms with Crippen molar-refractivity contribution in [2.24, 2.45) is 0 Å². The zero-order valence-corrected chi connectivity index (χ0v) is 12.9. The second kappa shape index (κ2) is 6.05. The molecule has 0 spiro atoms. The molecule has 0 amide bonds. The molecule has 0 saturated heterocycles. The van der Waals surface area contributed by atoms with Crippen LogP contribution in [0.3, 0.4) is 0 Å². The predicted octanol–water partition coefficient (Wildman–Crippen LogP) is 3.68. The first-order chi connectivity index (χ1) is 11.7. The smallest absolute Gasteiger partial charge is 0.138 e. The summed E-state index contributed by atoms with van der Waals surface area (Å²) in [5, 5.41) is 6.56. The molecule has 1 aliphatic rings. The fraction of sp³-hybridized carbons (Fsp3) is 0.167. The van der Waals surface area contributed by atoms with E-state index in [1.54, 1.807) is 24.3 Å². The summed E-state index contributed by atoms with van der Waals surface area (Å²) in [6.45, 7) is 2.27. The van der Waals surface area contributed by atoms with Crippen molar-refractivity contribution in [2.45, 2.75) is 13.1 Å². The summed E-state index contributed by atoms with van der Waals surface area (Å²) in [6.07, 6.45) is 0.